The first kappa shape index (κ1) is 36.0. The van der Waals surface area contributed by atoms with Crippen LogP contribution in [-0.4, -0.2) is 83.2 Å². The highest BCUT2D eigenvalue weighted by molar-refractivity contribution is 9.10. The molecule has 4 bridgehead atoms. The number of rotatable bonds is 7. The van der Waals surface area contributed by atoms with Crippen molar-refractivity contribution in [2.75, 3.05) is 7.11 Å². The third-order valence-corrected chi connectivity index (χ3v) is 11.3. The van der Waals surface area contributed by atoms with Crippen molar-refractivity contribution in [1.29, 1.82) is 0 Å². The number of halogens is 1. The Morgan fingerprint density at radius 3 is 2.58 bits per heavy atom. The highest BCUT2D eigenvalue weighted by Crippen LogP contribution is 2.61. The van der Waals surface area contributed by atoms with Crippen LogP contribution in [0.3, 0.4) is 0 Å². The molecule has 1 amide bonds. The van der Waals surface area contributed by atoms with Crippen LogP contribution in [0, 0.1) is 29.6 Å². The maximum atomic E-state index is 13.6. The molecule has 13 heteroatoms. The lowest BCUT2D eigenvalue weighted by molar-refractivity contribution is -0.180. The minimum Gasteiger partial charge on any atom is -0.456 e. The Morgan fingerprint density at radius 1 is 1.16 bits per heavy atom. The van der Waals surface area contributed by atoms with Gasteiger partial charge in [0.1, 0.15) is 35.7 Å². The molecular formula is C37H43BrN2O10. The van der Waals surface area contributed by atoms with Gasteiger partial charge in [-0.05, 0) is 55.7 Å². The number of hydrogen-bond donors (Lipinski definition) is 3. The van der Waals surface area contributed by atoms with Crippen LogP contribution in [0.5, 0.6) is 0 Å². The minimum atomic E-state index is -1.11. The van der Waals surface area contributed by atoms with E-state index in [1.807, 2.05) is 63.3 Å². The molecule has 1 spiro atoms. The smallest absolute Gasteiger partial charge is 0.397 e. The third kappa shape index (κ3) is 6.56. The van der Waals surface area contributed by atoms with E-state index < -0.39 is 89.7 Å². The molecular weight excluding hydrogens is 712 g/mol. The first-order valence-corrected chi connectivity index (χ1v) is 17.7. The molecule has 4 aliphatic rings. The molecule has 1 aromatic heterocycles. The van der Waals surface area contributed by atoms with E-state index in [1.165, 1.54) is 7.11 Å². The van der Waals surface area contributed by atoms with Crippen LogP contribution in [0.4, 0.5) is 0 Å². The van der Waals surface area contributed by atoms with E-state index in [0.29, 0.717) is 5.69 Å². The standard InChI is InChI=1S/C37H43BrN2O10/c1-18-15-19(2)37-23(10-13-25-28(37)29(41)20(3)31(32(25)50-37)49-34(43)26-7-6-14-39-26)16-27(46-5)35(44)48-30(18)21(4)47-36(45)33(42)40-17-22-8-11-24(38)12-9-22/h6-15,18,20-21,23,25,27-32,39,41H,16-17H2,1-5H3,(H,40,42)/b19-15+/t18-,20-,21-,23-,25?,27+,28?,29-,30+,31-,32-,37+/m1/s1. The molecule has 3 heterocycles. The Kier molecular flexibility index (Phi) is 10.4. The van der Waals surface area contributed by atoms with Crippen molar-refractivity contribution in [2.45, 2.75) is 82.9 Å². The number of methoxy groups -OCH3 is 1. The summed E-state index contributed by atoms with van der Waals surface area (Å²) in [7, 11) is 1.42. The number of aliphatic hydroxyl groups excluding tert-OH is 1. The molecule has 2 aliphatic heterocycles. The van der Waals surface area contributed by atoms with Gasteiger partial charge in [0, 0.05) is 53.9 Å². The average Bonchev–Trinajstić information content (AvgIpc) is 3.70. The number of aromatic amines is 1. The predicted molar refractivity (Wildman–Crippen MR) is 182 cm³/mol. The van der Waals surface area contributed by atoms with Gasteiger partial charge in [-0.15, -0.1) is 0 Å². The number of H-pyrrole nitrogens is 1. The van der Waals surface area contributed by atoms with E-state index in [2.05, 4.69) is 26.2 Å². The quantitative estimate of drug-likeness (QED) is 0.163. The molecule has 50 heavy (non-hydrogen) atoms. The van der Waals surface area contributed by atoms with Crippen LogP contribution in [0.2, 0.25) is 0 Å². The molecule has 6 rings (SSSR count). The van der Waals surface area contributed by atoms with Crippen LogP contribution in [0.25, 0.3) is 0 Å². The number of aromatic nitrogens is 1. The number of nitrogens with one attached hydrogen (secondary N) is 2. The Morgan fingerprint density at radius 2 is 1.90 bits per heavy atom. The normalized spacial score (nSPS) is 36.2. The number of carbonyl (C=O) groups excluding carboxylic acids is 4. The van der Waals surface area contributed by atoms with Gasteiger partial charge in [0.2, 0.25) is 0 Å². The fraction of sp³-hybridized carbons (Fsp3) is 0.514. The molecule has 1 saturated heterocycles. The zero-order valence-electron chi connectivity index (χ0n) is 28.5. The van der Waals surface area contributed by atoms with Crippen LogP contribution in [0.1, 0.15) is 50.2 Å². The van der Waals surface area contributed by atoms with Gasteiger partial charge in [0.15, 0.2) is 6.10 Å². The minimum absolute atomic E-state index is 0.124. The van der Waals surface area contributed by atoms with Crippen molar-refractivity contribution < 1.29 is 48.0 Å². The summed E-state index contributed by atoms with van der Waals surface area (Å²) in [6.45, 7) is 7.30. The Bertz CT molecular complexity index is 1660. The summed E-state index contributed by atoms with van der Waals surface area (Å²) in [4.78, 5) is 55.1. The molecule has 268 valence electrons. The van der Waals surface area contributed by atoms with Gasteiger partial charge < -0.3 is 39.1 Å². The summed E-state index contributed by atoms with van der Waals surface area (Å²) in [6.07, 6.45) is 2.52. The van der Waals surface area contributed by atoms with Gasteiger partial charge in [-0.25, -0.2) is 14.4 Å². The Balaban J connectivity index is 1.26. The highest BCUT2D eigenvalue weighted by atomic mass is 79.9. The number of carbonyl (C=O) groups is 4. The second-order valence-electron chi connectivity index (χ2n) is 13.8. The van der Waals surface area contributed by atoms with Crippen molar-refractivity contribution in [2.24, 2.45) is 29.6 Å². The third-order valence-electron chi connectivity index (χ3n) is 10.8. The van der Waals surface area contributed by atoms with Gasteiger partial charge >= 0.3 is 23.8 Å². The molecule has 1 saturated carbocycles. The monoisotopic (exact) mass is 754 g/mol. The van der Waals surface area contributed by atoms with Crippen molar-refractivity contribution in [3.05, 3.63) is 82.1 Å². The van der Waals surface area contributed by atoms with Gasteiger partial charge in [0.25, 0.3) is 0 Å². The van der Waals surface area contributed by atoms with Crippen LogP contribution >= 0.6 is 15.9 Å². The summed E-state index contributed by atoms with van der Waals surface area (Å²) < 4.78 is 31.1. The number of aliphatic hydroxyl groups is 1. The second-order valence-corrected chi connectivity index (χ2v) is 14.7. The molecule has 12 nitrogen and oxygen atoms in total. The lowest BCUT2D eigenvalue weighted by atomic mass is 9.57. The van der Waals surface area contributed by atoms with Gasteiger partial charge in [0.05, 0.1) is 6.10 Å². The van der Waals surface area contributed by atoms with Gasteiger partial charge in [-0.2, -0.15) is 0 Å². The summed E-state index contributed by atoms with van der Waals surface area (Å²) in [5, 5.41) is 14.5. The maximum absolute atomic E-state index is 13.6. The number of ether oxygens (including phenoxy) is 5. The Labute approximate surface area is 299 Å². The van der Waals surface area contributed by atoms with E-state index in [9.17, 15) is 24.3 Å². The molecule has 2 aromatic rings. The fourth-order valence-electron chi connectivity index (χ4n) is 8.28. The van der Waals surface area contributed by atoms with Crippen molar-refractivity contribution in [1.82, 2.24) is 10.3 Å². The summed E-state index contributed by atoms with van der Waals surface area (Å²) in [6, 6.07) is 10.6. The number of cyclic esters (lactones) is 1. The average molecular weight is 756 g/mol. The van der Waals surface area contributed by atoms with Crippen molar-refractivity contribution >= 4 is 39.7 Å². The second kappa shape index (κ2) is 14.5. The lowest BCUT2D eigenvalue weighted by Gasteiger charge is -2.48. The number of esters is 3. The number of amides is 1. The molecule has 1 aromatic carbocycles. The van der Waals surface area contributed by atoms with E-state index >= 15 is 0 Å². The maximum Gasteiger partial charge on any atom is 0.397 e. The molecule has 2 fully saturated rings. The zero-order valence-corrected chi connectivity index (χ0v) is 30.1. The summed E-state index contributed by atoms with van der Waals surface area (Å²) in [5.74, 6) is -5.26. The molecule has 2 unspecified atom stereocenters. The number of hydrogen-bond acceptors (Lipinski definition) is 10. The number of benzene rings is 1. The summed E-state index contributed by atoms with van der Waals surface area (Å²) >= 11 is 3.37. The van der Waals surface area contributed by atoms with Gasteiger partial charge in [-0.1, -0.05) is 60.1 Å². The van der Waals surface area contributed by atoms with E-state index in [1.54, 1.807) is 25.3 Å². The largest absolute Gasteiger partial charge is 0.456 e. The SMILES string of the molecule is CO[C@H]1C[C@H]2C=CC3C4[C@H](O)[C@@H](C)[C@@H](OC(=O)c5ccc[nH]5)[C@@H]3O[C@]42/C(C)=C/[C@@H](C)[C@@H]([C@@H](C)OC(=O)C(=O)NCc2ccc(Br)cc2)OC1=O. The Hall–Kier alpha value is -3.78. The van der Waals surface area contributed by atoms with Crippen LogP contribution in [-0.2, 0) is 44.6 Å². The van der Waals surface area contributed by atoms with E-state index in [-0.39, 0.29) is 18.9 Å². The van der Waals surface area contributed by atoms with Crippen LogP contribution < -0.4 is 5.32 Å². The topological polar surface area (TPSA) is 162 Å². The van der Waals surface area contributed by atoms with Crippen LogP contribution in [0.15, 0.2) is 70.9 Å². The molecule has 2 aliphatic carbocycles. The molecule has 0 radical (unpaired) electrons. The highest BCUT2D eigenvalue weighted by Gasteiger charge is 2.69. The van der Waals surface area contributed by atoms with E-state index in [4.69, 9.17) is 23.7 Å². The molecule has 3 N–H and O–H groups in total. The van der Waals surface area contributed by atoms with E-state index in [0.717, 1.165) is 15.6 Å². The zero-order chi connectivity index (χ0) is 35.9. The lowest BCUT2D eigenvalue weighted by Crippen LogP contribution is -2.57. The fourth-order valence-corrected chi connectivity index (χ4v) is 8.54. The van der Waals surface area contributed by atoms with Crippen molar-refractivity contribution in [3.63, 3.8) is 0 Å². The summed E-state index contributed by atoms with van der Waals surface area (Å²) in [5.41, 5.74) is 0.826. The predicted octanol–water partition coefficient (Wildman–Crippen LogP) is 4.03. The first-order valence-electron chi connectivity index (χ1n) is 16.9. The van der Waals surface area contributed by atoms with Gasteiger partial charge in [-0.3, -0.25) is 4.79 Å². The molecule has 12 atom stereocenters. The first-order chi connectivity index (χ1) is 23.8. The van der Waals surface area contributed by atoms with Crippen molar-refractivity contribution in [3.8, 4) is 0 Å².